The second-order valence-electron chi connectivity index (χ2n) is 4.45. The van der Waals surface area contributed by atoms with E-state index in [1.807, 2.05) is 12.2 Å². The molecule has 0 aliphatic carbocycles. The monoisotopic (exact) mass is 312 g/mol. The van der Waals surface area contributed by atoms with Gasteiger partial charge in [0.25, 0.3) is 0 Å². The van der Waals surface area contributed by atoms with Gasteiger partial charge in [-0.25, -0.2) is 0 Å². The van der Waals surface area contributed by atoms with Crippen molar-refractivity contribution in [3.8, 4) is 12.3 Å². The molecule has 0 saturated heterocycles. The van der Waals surface area contributed by atoms with Crippen LogP contribution in [0, 0.1) is 12.3 Å². The highest BCUT2D eigenvalue weighted by atomic mass is 79.9. The smallest absolute Gasteiger partial charge is 0.0876 e. The van der Waals surface area contributed by atoms with Gasteiger partial charge in [-0.3, -0.25) is 0 Å². The number of halogens is 1. The molecule has 0 spiro atoms. The largest absolute Gasteiger partial charge is 0.390 e. The molecule has 4 atom stereocenters. The lowest BCUT2D eigenvalue weighted by Gasteiger charge is -2.30. The summed E-state index contributed by atoms with van der Waals surface area (Å²) in [7, 11) is 0. The summed E-state index contributed by atoms with van der Waals surface area (Å²) in [5, 5.41) is 10.1. The van der Waals surface area contributed by atoms with Gasteiger partial charge in [0.2, 0.25) is 0 Å². The molecule has 2 nitrogen and oxygen atoms in total. The van der Waals surface area contributed by atoms with Gasteiger partial charge in [0.15, 0.2) is 0 Å². The maximum absolute atomic E-state index is 10.1. The normalized spacial score (nSPS) is 32.4. The fourth-order valence-corrected chi connectivity index (χ4v) is 2.31. The SMILES string of the molecule is C#C/C=C/C[C@@H]1O[C@@H]([C@@H](Br)CC)C/C=C\C[C@@H]1O. The maximum Gasteiger partial charge on any atom is 0.0876 e. The average molecular weight is 313 g/mol. The summed E-state index contributed by atoms with van der Waals surface area (Å²) >= 11 is 3.64. The Morgan fingerprint density at radius 2 is 2.28 bits per heavy atom. The zero-order valence-corrected chi connectivity index (χ0v) is 12.3. The van der Waals surface area contributed by atoms with Crippen molar-refractivity contribution in [1.82, 2.24) is 0 Å². The number of hydrogen-bond acceptors (Lipinski definition) is 2. The Bertz CT molecular complexity index is 330. The van der Waals surface area contributed by atoms with Gasteiger partial charge in [-0.15, -0.1) is 6.42 Å². The van der Waals surface area contributed by atoms with E-state index in [4.69, 9.17) is 11.2 Å². The Balaban J connectivity index is 2.69. The Hall–Kier alpha value is -0.560. The van der Waals surface area contributed by atoms with E-state index in [-0.39, 0.29) is 12.2 Å². The van der Waals surface area contributed by atoms with Crippen molar-refractivity contribution < 1.29 is 9.84 Å². The summed E-state index contributed by atoms with van der Waals surface area (Å²) in [4.78, 5) is 0.312. The van der Waals surface area contributed by atoms with Gasteiger partial charge in [-0.1, -0.05) is 47.0 Å². The highest BCUT2D eigenvalue weighted by Gasteiger charge is 2.26. The van der Waals surface area contributed by atoms with Crippen molar-refractivity contribution in [3.05, 3.63) is 24.3 Å². The summed E-state index contributed by atoms with van der Waals surface area (Å²) in [6.45, 7) is 2.12. The molecule has 0 radical (unpaired) electrons. The lowest BCUT2D eigenvalue weighted by Crippen LogP contribution is -2.36. The molecule has 1 rings (SSSR count). The zero-order valence-electron chi connectivity index (χ0n) is 10.8. The minimum Gasteiger partial charge on any atom is -0.390 e. The van der Waals surface area contributed by atoms with E-state index in [9.17, 15) is 5.11 Å². The minimum atomic E-state index is -0.469. The lowest BCUT2D eigenvalue weighted by molar-refractivity contribution is -0.0749. The van der Waals surface area contributed by atoms with Crippen molar-refractivity contribution in [2.75, 3.05) is 0 Å². The van der Waals surface area contributed by atoms with Crippen LogP contribution in [0.1, 0.15) is 32.6 Å². The topological polar surface area (TPSA) is 29.5 Å². The molecule has 100 valence electrons. The van der Waals surface area contributed by atoms with Gasteiger partial charge in [0.05, 0.1) is 18.3 Å². The van der Waals surface area contributed by atoms with Crippen molar-refractivity contribution in [2.24, 2.45) is 0 Å². The van der Waals surface area contributed by atoms with Crippen LogP contribution >= 0.6 is 15.9 Å². The molecule has 0 aromatic rings. The summed E-state index contributed by atoms with van der Waals surface area (Å²) in [6, 6.07) is 0. The molecule has 0 aromatic carbocycles. The first kappa shape index (κ1) is 15.5. The van der Waals surface area contributed by atoms with E-state index in [2.05, 4.69) is 34.9 Å². The fraction of sp³-hybridized carbons (Fsp3) is 0.600. The third-order valence-electron chi connectivity index (χ3n) is 3.07. The first-order chi connectivity index (χ1) is 8.69. The van der Waals surface area contributed by atoms with Crippen LogP contribution in [0.4, 0.5) is 0 Å². The number of hydrogen-bond donors (Lipinski definition) is 1. The Morgan fingerprint density at radius 3 is 2.94 bits per heavy atom. The van der Waals surface area contributed by atoms with Crippen LogP contribution in [0.25, 0.3) is 0 Å². The predicted molar refractivity (Wildman–Crippen MR) is 78.6 cm³/mol. The summed E-state index contributed by atoms with van der Waals surface area (Å²) in [5.41, 5.74) is 0. The molecule has 3 heteroatoms. The second-order valence-corrected chi connectivity index (χ2v) is 5.63. The van der Waals surface area contributed by atoms with Crippen molar-refractivity contribution in [2.45, 2.75) is 55.7 Å². The van der Waals surface area contributed by atoms with Crippen LogP contribution < -0.4 is 0 Å². The molecule has 1 aliphatic rings. The lowest BCUT2D eigenvalue weighted by atomic mass is 10.0. The van der Waals surface area contributed by atoms with Crippen LogP contribution in [0.3, 0.4) is 0 Å². The predicted octanol–water partition coefficient (Wildman–Crippen LogP) is 3.20. The maximum atomic E-state index is 10.1. The van der Waals surface area contributed by atoms with E-state index >= 15 is 0 Å². The quantitative estimate of drug-likeness (QED) is 0.491. The van der Waals surface area contributed by atoms with Crippen LogP contribution in [0.2, 0.25) is 0 Å². The number of rotatable bonds is 4. The average Bonchev–Trinajstić information content (AvgIpc) is 2.37. The molecular formula is C15H21BrO2. The van der Waals surface area contributed by atoms with Gasteiger partial charge in [-0.2, -0.15) is 0 Å². The van der Waals surface area contributed by atoms with Crippen molar-refractivity contribution in [3.63, 3.8) is 0 Å². The van der Waals surface area contributed by atoms with Gasteiger partial charge >= 0.3 is 0 Å². The molecule has 1 N–H and O–H groups in total. The molecule has 0 fully saturated rings. The molecule has 0 aromatic heterocycles. The van der Waals surface area contributed by atoms with Gasteiger partial charge < -0.3 is 9.84 Å². The Kier molecular flexibility index (Phi) is 7.34. The van der Waals surface area contributed by atoms with Gasteiger partial charge in [0, 0.05) is 4.83 Å². The third kappa shape index (κ3) is 4.97. The van der Waals surface area contributed by atoms with E-state index in [0.29, 0.717) is 17.7 Å². The van der Waals surface area contributed by atoms with Crippen LogP contribution in [0.15, 0.2) is 24.3 Å². The molecule has 0 amide bonds. The zero-order chi connectivity index (χ0) is 13.4. The molecule has 0 saturated carbocycles. The summed E-state index contributed by atoms with van der Waals surface area (Å²) < 4.78 is 6.03. The van der Waals surface area contributed by atoms with E-state index < -0.39 is 6.10 Å². The molecule has 0 unspecified atom stereocenters. The number of aliphatic hydroxyl groups excluding tert-OH is 1. The highest BCUT2D eigenvalue weighted by Crippen LogP contribution is 2.24. The van der Waals surface area contributed by atoms with Gasteiger partial charge in [0.1, 0.15) is 0 Å². The Labute approximate surface area is 118 Å². The number of aliphatic hydroxyl groups is 1. The number of allylic oxidation sites excluding steroid dienone is 1. The van der Waals surface area contributed by atoms with E-state index in [1.54, 1.807) is 6.08 Å². The summed E-state index contributed by atoms with van der Waals surface area (Å²) in [5.74, 6) is 2.45. The van der Waals surface area contributed by atoms with Crippen LogP contribution in [-0.2, 0) is 4.74 Å². The van der Waals surface area contributed by atoms with Crippen LogP contribution in [-0.4, -0.2) is 28.2 Å². The number of terminal acetylenes is 1. The number of alkyl halides is 1. The standard InChI is InChI=1S/C15H21BrO2/c1-3-5-6-11-15-13(17)9-7-8-10-14(18-15)12(16)4-2/h1,5-8,12-15,17H,4,9-11H2,2H3/b6-5+,8-7-/t12-,13-,14+,15-/m0/s1. The highest BCUT2D eigenvalue weighted by molar-refractivity contribution is 9.09. The molecule has 1 heterocycles. The second kappa shape index (κ2) is 8.53. The molecule has 1 aliphatic heterocycles. The fourth-order valence-electron chi connectivity index (χ4n) is 1.97. The summed E-state index contributed by atoms with van der Waals surface area (Å²) in [6.07, 6.45) is 15.5. The van der Waals surface area contributed by atoms with Crippen LogP contribution in [0.5, 0.6) is 0 Å². The first-order valence-corrected chi connectivity index (χ1v) is 7.34. The van der Waals surface area contributed by atoms with E-state index in [0.717, 1.165) is 12.8 Å². The van der Waals surface area contributed by atoms with Crippen molar-refractivity contribution >= 4 is 15.9 Å². The minimum absolute atomic E-state index is 0.102. The molecule has 0 bridgehead atoms. The first-order valence-electron chi connectivity index (χ1n) is 6.42. The van der Waals surface area contributed by atoms with Crippen molar-refractivity contribution in [1.29, 1.82) is 0 Å². The number of ether oxygens (including phenoxy) is 1. The van der Waals surface area contributed by atoms with Gasteiger partial charge in [-0.05, 0) is 31.8 Å². The Morgan fingerprint density at radius 1 is 1.56 bits per heavy atom. The van der Waals surface area contributed by atoms with E-state index in [1.165, 1.54) is 0 Å². The third-order valence-corrected chi connectivity index (χ3v) is 4.30. The molecule has 18 heavy (non-hydrogen) atoms. The molecular weight excluding hydrogens is 292 g/mol.